The molecule has 2 saturated carbocycles. The van der Waals surface area contributed by atoms with E-state index in [4.69, 9.17) is 9.47 Å². The quantitative estimate of drug-likeness (QED) is 0.643. The van der Waals surface area contributed by atoms with Gasteiger partial charge in [-0.15, -0.1) is 0 Å². The number of methoxy groups -OCH3 is 1. The van der Waals surface area contributed by atoms with E-state index < -0.39 is 0 Å². The molecular weight excluding hydrogens is 358 g/mol. The van der Waals surface area contributed by atoms with Crippen LogP contribution in [-0.2, 0) is 16.9 Å². The van der Waals surface area contributed by atoms with Crippen LogP contribution in [0.5, 0.6) is 5.75 Å². The summed E-state index contributed by atoms with van der Waals surface area (Å²) in [6.07, 6.45) is 6.77. The number of hydrogen-bond donors (Lipinski definition) is 0. The molecule has 1 heterocycles. The first-order valence-corrected chi connectivity index (χ1v) is 11.3. The number of benzene rings is 2. The fourth-order valence-electron chi connectivity index (χ4n) is 5.81. The van der Waals surface area contributed by atoms with Gasteiger partial charge in [-0.1, -0.05) is 48.9 Å². The summed E-state index contributed by atoms with van der Waals surface area (Å²) in [5, 5.41) is 0. The van der Waals surface area contributed by atoms with Crippen LogP contribution < -0.4 is 4.74 Å². The van der Waals surface area contributed by atoms with Crippen LogP contribution in [0.3, 0.4) is 0 Å². The van der Waals surface area contributed by atoms with Gasteiger partial charge in [0.2, 0.25) is 0 Å². The molecule has 3 aliphatic rings. The number of likely N-dealkylation sites (tertiary alicyclic amines) is 1. The molecule has 29 heavy (non-hydrogen) atoms. The fourth-order valence-corrected chi connectivity index (χ4v) is 5.81. The Morgan fingerprint density at radius 3 is 2.21 bits per heavy atom. The van der Waals surface area contributed by atoms with Gasteiger partial charge < -0.3 is 14.4 Å². The molecular formula is C26H33NO2. The molecule has 3 fully saturated rings. The molecule has 0 aromatic heterocycles. The summed E-state index contributed by atoms with van der Waals surface area (Å²) in [6, 6.07) is 19.1. The van der Waals surface area contributed by atoms with Gasteiger partial charge in [0.05, 0.1) is 0 Å². The Hall–Kier alpha value is -1.84. The summed E-state index contributed by atoms with van der Waals surface area (Å²) in [4.78, 5) is 2.74. The molecule has 0 radical (unpaired) electrons. The molecule has 0 unspecified atom stereocenters. The number of hydrogen-bond acceptors (Lipinski definition) is 3. The van der Waals surface area contributed by atoms with E-state index in [1.807, 2.05) is 13.2 Å². The number of ether oxygens (including phenoxy) is 2. The predicted molar refractivity (Wildman–Crippen MR) is 116 cm³/mol. The highest BCUT2D eigenvalue weighted by Crippen LogP contribution is 2.52. The molecule has 5 rings (SSSR count). The van der Waals surface area contributed by atoms with Crippen molar-refractivity contribution < 1.29 is 9.47 Å². The smallest absolute Gasteiger partial charge is 0.119 e. The van der Waals surface area contributed by atoms with Crippen molar-refractivity contribution in [3.63, 3.8) is 0 Å². The molecule has 3 atom stereocenters. The molecule has 154 valence electrons. The Bertz CT molecular complexity index is 785. The maximum absolute atomic E-state index is 6.40. The second-order valence-electron chi connectivity index (χ2n) is 9.28. The minimum absolute atomic E-state index is 0.129. The zero-order valence-corrected chi connectivity index (χ0v) is 17.6. The summed E-state index contributed by atoms with van der Waals surface area (Å²) in [6.45, 7) is 4.29. The average molecular weight is 392 g/mol. The van der Waals surface area contributed by atoms with E-state index in [0.29, 0.717) is 18.4 Å². The molecule has 3 heteroatoms. The Labute approximate surface area is 175 Å². The summed E-state index contributed by atoms with van der Waals surface area (Å²) < 4.78 is 12.4. The molecule has 0 N–H and O–H groups in total. The second kappa shape index (κ2) is 8.12. The maximum atomic E-state index is 6.40. The third-order valence-electron chi connectivity index (χ3n) is 7.38. The summed E-state index contributed by atoms with van der Waals surface area (Å²) in [7, 11) is 1.93. The van der Waals surface area contributed by atoms with Gasteiger partial charge in [-0.05, 0) is 54.9 Å². The van der Waals surface area contributed by atoms with Crippen molar-refractivity contribution in [2.24, 2.45) is 17.8 Å². The Balaban J connectivity index is 1.32. The van der Waals surface area contributed by atoms with Gasteiger partial charge >= 0.3 is 0 Å². The third-order valence-corrected chi connectivity index (χ3v) is 7.38. The van der Waals surface area contributed by atoms with Crippen molar-refractivity contribution in [2.75, 3.05) is 26.7 Å². The van der Waals surface area contributed by atoms with Crippen molar-refractivity contribution in [1.29, 1.82) is 0 Å². The highest BCUT2D eigenvalue weighted by Gasteiger charge is 2.53. The predicted octanol–water partition coefficient (Wildman–Crippen LogP) is 5.25. The lowest BCUT2D eigenvalue weighted by atomic mass is 9.62. The highest BCUT2D eigenvalue weighted by molar-refractivity contribution is 5.34. The van der Waals surface area contributed by atoms with E-state index in [1.165, 1.54) is 62.9 Å². The summed E-state index contributed by atoms with van der Waals surface area (Å²) >= 11 is 0. The van der Waals surface area contributed by atoms with Crippen LogP contribution in [0.2, 0.25) is 0 Å². The topological polar surface area (TPSA) is 21.7 Å². The molecule has 2 aliphatic carbocycles. The molecule has 3 nitrogen and oxygen atoms in total. The zero-order chi connectivity index (χ0) is 19.7. The van der Waals surface area contributed by atoms with Gasteiger partial charge in [0.25, 0.3) is 0 Å². The molecule has 1 saturated heterocycles. The van der Waals surface area contributed by atoms with Crippen molar-refractivity contribution in [3.8, 4) is 5.75 Å². The highest BCUT2D eigenvalue weighted by atomic mass is 16.5. The zero-order valence-electron chi connectivity index (χ0n) is 17.6. The lowest BCUT2D eigenvalue weighted by Crippen LogP contribution is -2.59. The maximum Gasteiger partial charge on any atom is 0.119 e. The van der Waals surface area contributed by atoms with Crippen LogP contribution >= 0.6 is 0 Å². The van der Waals surface area contributed by atoms with Crippen molar-refractivity contribution in [1.82, 2.24) is 4.90 Å². The first-order valence-electron chi connectivity index (χ1n) is 11.3. The normalized spacial score (nSPS) is 29.6. The minimum atomic E-state index is -0.129. The summed E-state index contributed by atoms with van der Waals surface area (Å²) in [5.74, 6) is 3.08. The standard InChI is InChI=1S/C26H33NO2/c1-28-26(23-8-5-9-24(26)18-27(17-23)16-20-10-11-20)22-12-14-25(15-13-22)29-19-21-6-3-2-4-7-21/h2-4,6-7,12-15,20,23-24H,5,8-11,16-19H2,1H3/t23-,24+,26-. The monoisotopic (exact) mass is 391 g/mol. The van der Waals surface area contributed by atoms with Crippen molar-refractivity contribution in [3.05, 3.63) is 65.7 Å². The van der Waals surface area contributed by atoms with Gasteiger partial charge in [0.15, 0.2) is 0 Å². The van der Waals surface area contributed by atoms with E-state index in [-0.39, 0.29) is 5.60 Å². The fraction of sp³-hybridized carbons (Fsp3) is 0.538. The molecule has 2 aromatic rings. The minimum Gasteiger partial charge on any atom is -0.489 e. The van der Waals surface area contributed by atoms with E-state index >= 15 is 0 Å². The largest absolute Gasteiger partial charge is 0.489 e. The van der Waals surface area contributed by atoms with Crippen molar-refractivity contribution >= 4 is 0 Å². The van der Waals surface area contributed by atoms with Gasteiger partial charge in [0, 0.05) is 38.6 Å². The van der Waals surface area contributed by atoms with E-state index in [0.717, 1.165) is 11.7 Å². The SMILES string of the molecule is CO[C@]1(c2ccc(OCc3ccccc3)cc2)[C@@H]2CCC[C@H]1CN(CC1CC1)C2. The van der Waals surface area contributed by atoms with Crippen molar-refractivity contribution in [2.45, 2.75) is 44.3 Å². The Morgan fingerprint density at radius 2 is 1.59 bits per heavy atom. The van der Waals surface area contributed by atoms with Crippen LogP contribution in [0, 0.1) is 17.8 Å². The third kappa shape index (κ3) is 3.83. The number of fused-ring (bicyclic) bond motifs is 2. The number of rotatable bonds is 7. The first kappa shape index (κ1) is 19.1. The van der Waals surface area contributed by atoms with Gasteiger partial charge in [-0.2, -0.15) is 0 Å². The van der Waals surface area contributed by atoms with Crippen LogP contribution in [0.25, 0.3) is 0 Å². The second-order valence-corrected chi connectivity index (χ2v) is 9.28. The van der Waals surface area contributed by atoms with Gasteiger partial charge in [-0.3, -0.25) is 0 Å². The lowest BCUT2D eigenvalue weighted by Gasteiger charge is -2.55. The van der Waals surface area contributed by atoms with E-state index in [2.05, 4.69) is 53.4 Å². The van der Waals surface area contributed by atoms with Crippen LogP contribution in [-0.4, -0.2) is 31.6 Å². The molecule has 2 aromatic carbocycles. The van der Waals surface area contributed by atoms with Crippen LogP contribution in [0.4, 0.5) is 0 Å². The average Bonchev–Trinajstić information content (AvgIpc) is 3.57. The van der Waals surface area contributed by atoms with Crippen LogP contribution in [0.1, 0.15) is 43.2 Å². The number of nitrogens with zero attached hydrogens (tertiary/aromatic N) is 1. The summed E-state index contributed by atoms with van der Waals surface area (Å²) in [5.41, 5.74) is 2.41. The molecule has 0 spiro atoms. The number of piperidine rings is 1. The molecule has 0 amide bonds. The van der Waals surface area contributed by atoms with Gasteiger partial charge in [0.1, 0.15) is 18.0 Å². The van der Waals surface area contributed by atoms with E-state index in [9.17, 15) is 0 Å². The Morgan fingerprint density at radius 1 is 0.897 bits per heavy atom. The first-order chi connectivity index (χ1) is 14.3. The Kier molecular flexibility index (Phi) is 5.36. The molecule has 2 bridgehead atoms. The van der Waals surface area contributed by atoms with E-state index in [1.54, 1.807) is 0 Å². The van der Waals surface area contributed by atoms with Crippen LogP contribution in [0.15, 0.2) is 54.6 Å². The molecule has 1 aliphatic heterocycles. The lowest BCUT2D eigenvalue weighted by molar-refractivity contribution is -0.169. The van der Waals surface area contributed by atoms with Gasteiger partial charge in [-0.25, -0.2) is 0 Å².